The molecule has 0 atom stereocenters. The van der Waals surface area contributed by atoms with Crippen molar-refractivity contribution in [3.8, 4) is 22.8 Å². The van der Waals surface area contributed by atoms with Crippen molar-refractivity contribution in [3.05, 3.63) is 63.8 Å². The fourth-order valence-electron chi connectivity index (χ4n) is 4.21. The lowest BCUT2D eigenvalue weighted by Crippen LogP contribution is -2.13. The summed E-state index contributed by atoms with van der Waals surface area (Å²) < 4.78 is 12.2. The molecule has 1 aliphatic carbocycles. The van der Waals surface area contributed by atoms with Crippen LogP contribution >= 0.6 is 11.3 Å². The molecule has 0 bridgehead atoms. The van der Waals surface area contributed by atoms with Crippen molar-refractivity contribution < 1.29 is 14.6 Å². The Bertz CT molecular complexity index is 1140. The van der Waals surface area contributed by atoms with E-state index < -0.39 is 0 Å². The van der Waals surface area contributed by atoms with Gasteiger partial charge in [0.15, 0.2) is 11.5 Å². The van der Waals surface area contributed by atoms with E-state index in [9.17, 15) is 5.11 Å². The first-order valence-corrected chi connectivity index (χ1v) is 12.3. The van der Waals surface area contributed by atoms with Crippen LogP contribution in [-0.2, 0) is 4.74 Å². The molecule has 1 fully saturated rings. The van der Waals surface area contributed by atoms with Crippen LogP contribution in [0.25, 0.3) is 11.3 Å². The Labute approximate surface area is 198 Å². The van der Waals surface area contributed by atoms with Gasteiger partial charge in [0.05, 0.1) is 32.2 Å². The minimum atomic E-state index is 0.104. The summed E-state index contributed by atoms with van der Waals surface area (Å²) in [5.41, 5.74) is 4.36. The highest BCUT2D eigenvalue weighted by atomic mass is 32.1. The second-order valence-corrected chi connectivity index (χ2v) is 9.06. The van der Waals surface area contributed by atoms with E-state index in [-0.39, 0.29) is 5.75 Å². The third-order valence-corrected chi connectivity index (χ3v) is 6.89. The maximum atomic E-state index is 9.86. The van der Waals surface area contributed by atoms with Crippen LogP contribution in [0.15, 0.2) is 57.9 Å². The number of benzene rings is 2. The third-order valence-electron chi connectivity index (χ3n) is 6.04. The van der Waals surface area contributed by atoms with Crippen LogP contribution in [0.5, 0.6) is 11.5 Å². The summed E-state index contributed by atoms with van der Waals surface area (Å²) in [5, 5.41) is 16.7. The summed E-state index contributed by atoms with van der Waals surface area (Å²) in [5.74, 6) is 1.20. The minimum Gasteiger partial charge on any atom is -0.504 e. The first-order chi connectivity index (χ1) is 16.2. The van der Waals surface area contributed by atoms with Gasteiger partial charge in [0.1, 0.15) is 0 Å². The summed E-state index contributed by atoms with van der Waals surface area (Å²) in [7, 11) is 3.21. The Hall–Kier alpha value is -2.90. The molecule has 1 aliphatic rings. The quantitative estimate of drug-likeness (QED) is 0.357. The van der Waals surface area contributed by atoms with Gasteiger partial charge in [-0.3, -0.25) is 4.99 Å². The number of methoxy groups -OCH3 is 2. The molecule has 33 heavy (non-hydrogen) atoms. The van der Waals surface area contributed by atoms with Crippen molar-refractivity contribution in [1.29, 1.82) is 0 Å². The van der Waals surface area contributed by atoms with Crippen LogP contribution in [0.1, 0.15) is 49.1 Å². The van der Waals surface area contributed by atoms with Gasteiger partial charge in [-0.05, 0) is 48.1 Å². The normalized spacial score (nSPS) is 15.4. The van der Waals surface area contributed by atoms with Crippen molar-refractivity contribution in [2.45, 2.75) is 38.0 Å². The Balaban J connectivity index is 1.66. The molecule has 0 saturated heterocycles. The smallest absolute Gasteiger partial charge is 0.206 e. The highest BCUT2D eigenvalue weighted by Crippen LogP contribution is 2.33. The van der Waals surface area contributed by atoms with Gasteiger partial charge in [0.2, 0.25) is 4.80 Å². The van der Waals surface area contributed by atoms with Gasteiger partial charge in [-0.2, -0.15) is 5.10 Å². The maximum absolute atomic E-state index is 9.86. The number of phenolic OH excluding ortho intramolecular Hbond substituents is 1. The Morgan fingerprint density at radius 2 is 1.88 bits per heavy atom. The van der Waals surface area contributed by atoms with E-state index in [4.69, 9.17) is 14.6 Å². The molecule has 4 rings (SSSR count). The molecule has 3 aromatic rings. The van der Waals surface area contributed by atoms with Crippen LogP contribution in [0.2, 0.25) is 0 Å². The maximum Gasteiger partial charge on any atom is 0.206 e. The van der Waals surface area contributed by atoms with Gasteiger partial charge < -0.3 is 14.6 Å². The van der Waals surface area contributed by atoms with Crippen molar-refractivity contribution in [3.63, 3.8) is 0 Å². The van der Waals surface area contributed by atoms with Gasteiger partial charge in [0.25, 0.3) is 0 Å². The second kappa shape index (κ2) is 11.3. The molecule has 1 saturated carbocycles. The van der Waals surface area contributed by atoms with E-state index >= 15 is 0 Å². The number of rotatable bonds is 8. The number of aromatic hydroxyl groups is 1. The Morgan fingerprint density at radius 1 is 1.09 bits per heavy atom. The summed E-state index contributed by atoms with van der Waals surface area (Å²) in [4.78, 5) is 5.48. The lowest BCUT2D eigenvalue weighted by molar-refractivity contribution is 0.207. The average Bonchev–Trinajstić information content (AvgIpc) is 3.27. The van der Waals surface area contributed by atoms with Gasteiger partial charge in [-0.25, -0.2) is 4.68 Å². The highest BCUT2D eigenvalue weighted by Gasteiger charge is 2.16. The summed E-state index contributed by atoms with van der Waals surface area (Å²) >= 11 is 1.56. The molecule has 7 heteroatoms. The number of hydrogen-bond acceptors (Lipinski definition) is 6. The largest absolute Gasteiger partial charge is 0.504 e. The van der Waals surface area contributed by atoms with E-state index in [0.717, 1.165) is 21.6 Å². The molecular formula is C26H31N3O3S. The van der Waals surface area contributed by atoms with Crippen molar-refractivity contribution in [2.24, 2.45) is 10.1 Å². The average molecular weight is 466 g/mol. The van der Waals surface area contributed by atoms with Gasteiger partial charge in [-0.15, -0.1) is 11.3 Å². The first kappa shape index (κ1) is 23.3. The number of thiazole rings is 1. The van der Waals surface area contributed by atoms with Crippen LogP contribution < -0.4 is 9.54 Å². The van der Waals surface area contributed by atoms with Crippen molar-refractivity contribution in [2.75, 3.05) is 27.4 Å². The summed E-state index contributed by atoms with van der Waals surface area (Å²) in [6, 6.07) is 14.1. The topological polar surface area (TPSA) is 68.3 Å². The van der Waals surface area contributed by atoms with Crippen LogP contribution in [0.4, 0.5) is 0 Å². The monoisotopic (exact) mass is 465 g/mol. The summed E-state index contributed by atoms with van der Waals surface area (Å²) in [6.07, 6.45) is 8.37. The van der Waals surface area contributed by atoms with Gasteiger partial charge >= 0.3 is 0 Å². The Kier molecular flexibility index (Phi) is 7.96. The SMILES string of the molecule is COCCN=c1scc(-c2ccc(C3CCCCC3)cc2)n1/N=C/c1ccc(O)c(OC)c1. The van der Waals surface area contributed by atoms with Crippen LogP contribution in [0, 0.1) is 0 Å². The number of aromatic nitrogens is 1. The molecular weight excluding hydrogens is 434 g/mol. The third kappa shape index (κ3) is 5.72. The molecule has 174 valence electrons. The predicted molar refractivity (Wildman–Crippen MR) is 134 cm³/mol. The number of ether oxygens (including phenoxy) is 2. The first-order valence-electron chi connectivity index (χ1n) is 11.4. The van der Waals surface area contributed by atoms with E-state index in [0.29, 0.717) is 24.8 Å². The molecule has 1 N–H and O–H groups in total. The van der Waals surface area contributed by atoms with Gasteiger partial charge in [-0.1, -0.05) is 43.5 Å². The fraction of sp³-hybridized carbons (Fsp3) is 0.385. The highest BCUT2D eigenvalue weighted by molar-refractivity contribution is 7.07. The lowest BCUT2D eigenvalue weighted by atomic mass is 9.84. The predicted octanol–water partition coefficient (Wildman–Crippen LogP) is 5.41. The molecule has 0 radical (unpaired) electrons. The fourth-order valence-corrected chi connectivity index (χ4v) is 5.08. The van der Waals surface area contributed by atoms with Crippen LogP contribution in [-0.4, -0.2) is 43.4 Å². The lowest BCUT2D eigenvalue weighted by Gasteiger charge is -2.22. The zero-order valence-corrected chi connectivity index (χ0v) is 20.1. The van der Waals surface area contributed by atoms with E-state index in [1.165, 1.54) is 44.8 Å². The molecule has 0 amide bonds. The molecule has 0 spiro atoms. The zero-order chi connectivity index (χ0) is 23.0. The van der Waals surface area contributed by atoms with E-state index in [2.05, 4.69) is 34.6 Å². The molecule has 1 aromatic heterocycles. The Morgan fingerprint density at radius 3 is 2.61 bits per heavy atom. The second-order valence-electron chi connectivity index (χ2n) is 8.22. The minimum absolute atomic E-state index is 0.104. The van der Waals surface area contributed by atoms with Crippen molar-refractivity contribution in [1.82, 2.24) is 4.68 Å². The van der Waals surface area contributed by atoms with Crippen molar-refractivity contribution >= 4 is 17.6 Å². The zero-order valence-electron chi connectivity index (χ0n) is 19.2. The summed E-state index contributed by atoms with van der Waals surface area (Å²) in [6.45, 7) is 1.13. The number of phenols is 1. The van der Waals surface area contributed by atoms with Crippen LogP contribution in [0.3, 0.4) is 0 Å². The standard InChI is InChI=1S/C26H31N3O3S/c1-31-15-14-27-26-29(28-17-19-8-13-24(30)25(16-19)32-2)23(18-33-26)22-11-9-21(10-12-22)20-6-4-3-5-7-20/h8-13,16-18,20,30H,3-7,14-15H2,1-2H3/b27-26?,28-17+. The van der Waals surface area contributed by atoms with Gasteiger partial charge in [0, 0.05) is 18.1 Å². The molecule has 6 nitrogen and oxygen atoms in total. The van der Waals surface area contributed by atoms with E-state index in [1.54, 1.807) is 42.9 Å². The molecule has 1 heterocycles. The molecule has 2 aromatic carbocycles. The van der Waals surface area contributed by atoms with E-state index in [1.807, 2.05) is 4.68 Å². The molecule has 0 unspecified atom stereocenters. The number of hydrogen-bond donors (Lipinski definition) is 1. The number of nitrogens with zero attached hydrogens (tertiary/aromatic N) is 3. The molecule has 0 aliphatic heterocycles.